The number of hydrogen-bond donors (Lipinski definition) is 3. The number of rotatable bonds is 6. The third kappa shape index (κ3) is 5.17. The van der Waals surface area contributed by atoms with Gasteiger partial charge in [-0.2, -0.15) is 0 Å². The van der Waals surface area contributed by atoms with Crippen molar-refractivity contribution in [3.63, 3.8) is 0 Å². The third-order valence-corrected chi connectivity index (χ3v) is 2.92. The number of benzene rings is 1. The van der Waals surface area contributed by atoms with Crippen LogP contribution >= 0.6 is 0 Å². The number of nitrogens with one attached hydrogen (secondary N) is 1. The topological polar surface area (TPSA) is 89.9 Å². The Morgan fingerprint density at radius 1 is 1.40 bits per heavy atom. The standard InChI is InChI=1S/C14H20N2O4/c1-10(5-3-8-13(18)19)15-14(20)16(2)11-6-4-7-12(17)9-11/h4,6-7,9-10,17H,3,5,8H2,1-2H3,(H,15,20)(H,18,19). The number of hydrogen-bond acceptors (Lipinski definition) is 3. The molecule has 0 heterocycles. The van der Waals surface area contributed by atoms with Crippen molar-refractivity contribution in [2.75, 3.05) is 11.9 Å². The lowest BCUT2D eigenvalue weighted by Crippen LogP contribution is -2.42. The predicted octanol–water partition coefficient (Wildman–Crippen LogP) is 2.18. The van der Waals surface area contributed by atoms with E-state index in [1.54, 1.807) is 19.2 Å². The summed E-state index contributed by atoms with van der Waals surface area (Å²) < 4.78 is 0. The van der Waals surface area contributed by atoms with Gasteiger partial charge in [-0.05, 0) is 31.9 Å². The van der Waals surface area contributed by atoms with Crippen LogP contribution in [0, 0.1) is 0 Å². The molecule has 0 aliphatic heterocycles. The summed E-state index contributed by atoms with van der Waals surface area (Å²) in [7, 11) is 1.61. The van der Waals surface area contributed by atoms with Gasteiger partial charge in [0.25, 0.3) is 0 Å². The first-order valence-corrected chi connectivity index (χ1v) is 6.45. The number of carbonyl (C=O) groups excluding carboxylic acids is 1. The van der Waals surface area contributed by atoms with Gasteiger partial charge in [-0.25, -0.2) is 4.79 Å². The lowest BCUT2D eigenvalue weighted by Gasteiger charge is -2.21. The molecule has 0 fully saturated rings. The molecule has 0 radical (unpaired) electrons. The van der Waals surface area contributed by atoms with Crippen molar-refractivity contribution >= 4 is 17.7 Å². The molecule has 0 aromatic heterocycles. The second kappa shape index (κ2) is 7.37. The van der Waals surface area contributed by atoms with Crippen LogP contribution in [0.3, 0.4) is 0 Å². The van der Waals surface area contributed by atoms with Crippen molar-refractivity contribution in [1.82, 2.24) is 5.32 Å². The maximum Gasteiger partial charge on any atom is 0.321 e. The second-order valence-corrected chi connectivity index (χ2v) is 4.72. The van der Waals surface area contributed by atoms with Crippen LogP contribution in [0.15, 0.2) is 24.3 Å². The number of carboxylic acid groups (broad SMARTS) is 1. The summed E-state index contributed by atoms with van der Waals surface area (Å²) in [4.78, 5) is 23.8. The molecule has 0 saturated heterocycles. The van der Waals surface area contributed by atoms with E-state index >= 15 is 0 Å². The lowest BCUT2D eigenvalue weighted by molar-refractivity contribution is -0.137. The van der Waals surface area contributed by atoms with Crippen LogP contribution in [0.1, 0.15) is 26.2 Å². The van der Waals surface area contributed by atoms with E-state index < -0.39 is 5.97 Å². The summed E-state index contributed by atoms with van der Waals surface area (Å²) in [6.07, 6.45) is 1.22. The Bertz CT molecular complexity index is 476. The SMILES string of the molecule is CC(CCCC(=O)O)NC(=O)N(C)c1cccc(O)c1. The van der Waals surface area contributed by atoms with Crippen LogP contribution in [-0.4, -0.2) is 35.3 Å². The minimum absolute atomic E-state index is 0.0941. The quantitative estimate of drug-likeness (QED) is 0.745. The molecule has 1 unspecified atom stereocenters. The first-order valence-electron chi connectivity index (χ1n) is 6.45. The Kier molecular flexibility index (Phi) is 5.83. The van der Waals surface area contributed by atoms with E-state index in [1.165, 1.54) is 17.0 Å². The zero-order valence-corrected chi connectivity index (χ0v) is 11.7. The van der Waals surface area contributed by atoms with Gasteiger partial charge in [-0.15, -0.1) is 0 Å². The van der Waals surface area contributed by atoms with Crippen LogP contribution in [-0.2, 0) is 4.79 Å². The molecule has 20 heavy (non-hydrogen) atoms. The van der Waals surface area contributed by atoms with E-state index in [-0.39, 0.29) is 24.2 Å². The fourth-order valence-electron chi connectivity index (χ4n) is 1.76. The molecule has 1 atom stereocenters. The Morgan fingerprint density at radius 3 is 2.70 bits per heavy atom. The zero-order chi connectivity index (χ0) is 15.1. The average Bonchev–Trinajstić information content (AvgIpc) is 2.37. The van der Waals surface area contributed by atoms with Gasteiger partial charge in [0.2, 0.25) is 0 Å². The molecule has 0 spiro atoms. The number of carbonyl (C=O) groups is 2. The van der Waals surface area contributed by atoms with Gasteiger partial charge >= 0.3 is 12.0 Å². The van der Waals surface area contributed by atoms with Gasteiger partial charge in [-0.1, -0.05) is 6.07 Å². The van der Waals surface area contributed by atoms with Gasteiger partial charge in [0, 0.05) is 31.3 Å². The Balaban J connectivity index is 2.47. The number of phenolic OH excluding ortho intramolecular Hbond substituents is 1. The Hall–Kier alpha value is -2.24. The molecule has 0 saturated carbocycles. The van der Waals surface area contributed by atoms with Crippen LogP contribution in [0.5, 0.6) is 5.75 Å². The molecule has 0 aliphatic carbocycles. The molecule has 1 aromatic rings. The van der Waals surface area contributed by atoms with Gasteiger partial charge in [-0.3, -0.25) is 9.69 Å². The highest BCUT2D eigenvalue weighted by Gasteiger charge is 2.14. The largest absolute Gasteiger partial charge is 0.508 e. The number of aliphatic carboxylic acids is 1. The van der Waals surface area contributed by atoms with E-state index in [2.05, 4.69) is 5.32 Å². The third-order valence-electron chi connectivity index (χ3n) is 2.92. The lowest BCUT2D eigenvalue weighted by atomic mass is 10.1. The monoisotopic (exact) mass is 280 g/mol. The molecule has 3 N–H and O–H groups in total. The highest BCUT2D eigenvalue weighted by Crippen LogP contribution is 2.18. The maximum absolute atomic E-state index is 12.0. The fraction of sp³-hybridized carbons (Fsp3) is 0.429. The zero-order valence-electron chi connectivity index (χ0n) is 11.7. The molecule has 6 nitrogen and oxygen atoms in total. The van der Waals surface area contributed by atoms with E-state index in [0.717, 1.165) is 0 Å². The van der Waals surface area contributed by atoms with E-state index in [0.29, 0.717) is 18.5 Å². The normalized spacial score (nSPS) is 11.7. The minimum Gasteiger partial charge on any atom is -0.508 e. The summed E-state index contributed by atoms with van der Waals surface area (Å²) in [5.41, 5.74) is 0.584. The fourth-order valence-corrected chi connectivity index (χ4v) is 1.76. The molecule has 0 bridgehead atoms. The van der Waals surface area contributed by atoms with Crippen molar-refractivity contribution in [2.45, 2.75) is 32.2 Å². The predicted molar refractivity (Wildman–Crippen MR) is 76.0 cm³/mol. The smallest absolute Gasteiger partial charge is 0.321 e. The molecule has 110 valence electrons. The number of anilines is 1. The van der Waals surface area contributed by atoms with Crippen molar-refractivity contribution in [1.29, 1.82) is 0 Å². The van der Waals surface area contributed by atoms with Crippen molar-refractivity contribution < 1.29 is 19.8 Å². The van der Waals surface area contributed by atoms with Gasteiger partial charge in [0.1, 0.15) is 5.75 Å². The highest BCUT2D eigenvalue weighted by atomic mass is 16.4. The minimum atomic E-state index is -0.833. The number of amides is 2. The number of urea groups is 1. The molecular weight excluding hydrogens is 260 g/mol. The first kappa shape index (κ1) is 15.8. The average molecular weight is 280 g/mol. The molecular formula is C14H20N2O4. The summed E-state index contributed by atoms with van der Waals surface area (Å²) in [6.45, 7) is 1.83. The number of nitrogens with zero attached hydrogens (tertiary/aromatic N) is 1. The van der Waals surface area contributed by atoms with Crippen LogP contribution in [0.2, 0.25) is 0 Å². The molecule has 2 amide bonds. The molecule has 0 aliphatic rings. The summed E-state index contributed by atoms with van der Waals surface area (Å²) in [6, 6.07) is 6.00. The van der Waals surface area contributed by atoms with Crippen molar-refractivity contribution in [3.8, 4) is 5.75 Å². The molecule has 1 rings (SSSR count). The maximum atomic E-state index is 12.0. The number of carboxylic acids is 1. The van der Waals surface area contributed by atoms with Gasteiger partial charge < -0.3 is 15.5 Å². The van der Waals surface area contributed by atoms with Gasteiger partial charge in [0.05, 0.1) is 0 Å². The van der Waals surface area contributed by atoms with Crippen molar-refractivity contribution in [2.24, 2.45) is 0 Å². The summed E-state index contributed by atoms with van der Waals surface area (Å²) in [5, 5.41) is 20.7. The van der Waals surface area contributed by atoms with Crippen molar-refractivity contribution in [3.05, 3.63) is 24.3 Å². The Morgan fingerprint density at radius 2 is 2.10 bits per heavy atom. The van der Waals surface area contributed by atoms with Crippen LogP contribution in [0.25, 0.3) is 0 Å². The Labute approximate surface area is 118 Å². The van der Waals surface area contributed by atoms with Crippen LogP contribution < -0.4 is 10.2 Å². The summed E-state index contributed by atoms with van der Waals surface area (Å²) in [5.74, 6) is -0.739. The summed E-state index contributed by atoms with van der Waals surface area (Å²) >= 11 is 0. The highest BCUT2D eigenvalue weighted by molar-refractivity contribution is 5.91. The molecule has 6 heteroatoms. The first-order chi connectivity index (χ1) is 9.40. The van der Waals surface area contributed by atoms with E-state index in [4.69, 9.17) is 5.11 Å². The van der Waals surface area contributed by atoms with Crippen LogP contribution in [0.4, 0.5) is 10.5 Å². The number of aromatic hydroxyl groups is 1. The second-order valence-electron chi connectivity index (χ2n) is 4.72. The van der Waals surface area contributed by atoms with E-state index in [9.17, 15) is 14.7 Å². The number of phenols is 1. The van der Waals surface area contributed by atoms with E-state index in [1.807, 2.05) is 6.92 Å². The molecule has 1 aromatic carbocycles. The van der Waals surface area contributed by atoms with Gasteiger partial charge in [0.15, 0.2) is 0 Å².